The van der Waals surface area contributed by atoms with Crippen molar-refractivity contribution in [2.75, 3.05) is 5.73 Å². The molecule has 100 valence electrons. The minimum atomic E-state index is -0.450. The molecule has 0 saturated heterocycles. The zero-order chi connectivity index (χ0) is 13.9. The Balaban J connectivity index is 1.97. The molecule has 3 aromatic rings. The van der Waals surface area contributed by atoms with Gasteiger partial charge in [-0.25, -0.2) is 4.39 Å². The number of benzene rings is 2. The van der Waals surface area contributed by atoms with Gasteiger partial charge in [-0.3, -0.25) is 0 Å². The van der Waals surface area contributed by atoms with Crippen LogP contribution in [0, 0.1) is 5.82 Å². The van der Waals surface area contributed by atoms with E-state index in [2.05, 4.69) is 15.5 Å². The molecule has 1 heterocycles. The van der Waals surface area contributed by atoms with E-state index in [9.17, 15) is 4.39 Å². The molecule has 2 aromatic carbocycles. The lowest BCUT2D eigenvalue weighted by Crippen LogP contribution is -1.99. The number of nitrogen functional groups attached to an aromatic ring is 1. The zero-order valence-corrected chi connectivity index (χ0v) is 11.1. The average molecular weight is 287 g/mol. The molecule has 0 unspecified atom stereocenters. The van der Waals surface area contributed by atoms with Gasteiger partial charge in [-0.15, -0.1) is 5.10 Å². The monoisotopic (exact) mass is 287 g/mol. The number of aromatic nitrogens is 4. The standard InChI is InChI=1S/C13H10FN5S/c14-10-7-4-8-11(12(10)15)20-13-16-17-18-19(13)9-5-2-1-3-6-9/h1-8H,15H2. The van der Waals surface area contributed by atoms with Gasteiger partial charge >= 0.3 is 0 Å². The first-order chi connectivity index (χ1) is 9.75. The number of rotatable bonds is 3. The van der Waals surface area contributed by atoms with Crippen molar-refractivity contribution in [2.45, 2.75) is 10.1 Å². The van der Waals surface area contributed by atoms with Crippen LogP contribution in [0.1, 0.15) is 0 Å². The van der Waals surface area contributed by atoms with Crippen molar-refractivity contribution >= 4 is 17.4 Å². The maximum atomic E-state index is 13.4. The second-order valence-electron chi connectivity index (χ2n) is 3.96. The number of halogens is 1. The van der Waals surface area contributed by atoms with Crippen LogP contribution in [-0.2, 0) is 0 Å². The predicted molar refractivity (Wildman–Crippen MR) is 74.1 cm³/mol. The van der Waals surface area contributed by atoms with Crippen LogP contribution < -0.4 is 5.73 Å². The maximum absolute atomic E-state index is 13.4. The molecule has 0 fully saturated rings. The van der Waals surface area contributed by atoms with E-state index < -0.39 is 5.82 Å². The second kappa shape index (κ2) is 5.30. The van der Waals surface area contributed by atoms with Crippen molar-refractivity contribution in [2.24, 2.45) is 0 Å². The van der Waals surface area contributed by atoms with Crippen LogP contribution in [-0.4, -0.2) is 20.2 Å². The summed E-state index contributed by atoms with van der Waals surface area (Å²) < 4.78 is 15.0. The molecule has 5 nitrogen and oxygen atoms in total. The molecule has 0 aliphatic heterocycles. The molecule has 0 aliphatic rings. The quantitative estimate of drug-likeness (QED) is 0.750. The van der Waals surface area contributed by atoms with Crippen LogP contribution in [0.2, 0.25) is 0 Å². The van der Waals surface area contributed by atoms with Gasteiger partial charge in [0.1, 0.15) is 5.82 Å². The molecule has 20 heavy (non-hydrogen) atoms. The van der Waals surface area contributed by atoms with Crippen LogP contribution in [0.5, 0.6) is 0 Å². The summed E-state index contributed by atoms with van der Waals surface area (Å²) in [4.78, 5) is 0.581. The summed E-state index contributed by atoms with van der Waals surface area (Å²) in [6, 6.07) is 14.1. The predicted octanol–water partition coefficient (Wildman–Crippen LogP) is 2.53. The van der Waals surface area contributed by atoms with E-state index in [0.717, 1.165) is 5.69 Å². The van der Waals surface area contributed by atoms with E-state index in [1.165, 1.54) is 17.8 Å². The van der Waals surface area contributed by atoms with Gasteiger partial charge in [-0.1, -0.05) is 24.3 Å². The summed E-state index contributed by atoms with van der Waals surface area (Å²) in [7, 11) is 0. The molecule has 0 bridgehead atoms. The summed E-state index contributed by atoms with van der Waals surface area (Å²) in [5.41, 5.74) is 6.64. The van der Waals surface area contributed by atoms with Crippen molar-refractivity contribution in [3.05, 3.63) is 54.3 Å². The van der Waals surface area contributed by atoms with Crippen molar-refractivity contribution in [3.8, 4) is 5.69 Å². The van der Waals surface area contributed by atoms with Crippen LogP contribution in [0.15, 0.2) is 58.6 Å². The molecule has 0 atom stereocenters. The summed E-state index contributed by atoms with van der Waals surface area (Å²) in [5, 5.41) is 12.1. The van der Waals surface area contributed by atoms with E-state index in [1.54, 1.807) is 16.8 Å². The minimum Gasteiger partial charge on any atom is -0.395 e. The largest absolute Gasteiger partial charge is 0.395 e. The molecule has 3 rings (SSSR count). The second-order valence-corrected chi connectivity index (χ2v) is 4.97. The first kappa shape index (κ1) is 12.6. The normalized spacial score (nSPS) is 10.7. The summed E-state index contributed by atoms with van der Waals surface area (Å²) in [6.45, 7) is 0. The molecule has 0 aliphatic carbocycles. The number of hydrogen-bond donors (Lipinski definition) is 1. The van der Waals surface area contributed by atoms with Crippen LogP contribution >= 0.6 is 11.8 Å². The Bertz CT molecular complexity index is 729. The molecule has 0 saturated carbocycles. The third-order valence-electron chi connectivity index (χ3n) is 2.66. The fourth-order valence-electron chi connectivity index (χ4n) is 1.68. The first-order valence-corrected chi connectivity index (χ1v) is 6.63. The van der Waals surface area contributed by atoms with Gasteiger partial charge in [0.25, 0.3) is 0 Å². The lowest BCUT2D eigenvalue weighted by atomic mass is 10.3. The molecular formula is C13H10FN5S. The number of nitrogens with two attached hydrogens (primary N) is 1. The summed E-state index contributed by atoms with van der Waals surface area (Å²) in [6.07, 6.45) is 0. The third-order valence-corrected chi connectivity index (χ3v) is 3.67. The Morgan fingerprint density at radius 2 is 1.85 bits per heavy atom. The zero-order valence-electron chi connectivity index (χ0n) is 10.3. The van der Waals surface area contributed by atoms with E-state index >= 15 is 0 Å². The Hall–Kier alpha value is -2.41. The van der Waals surface area contributed by atoms with Gasteiger partial charge < -0.3 is 5.73 Å². The van der Waals surface area contributed by atoms with E-state index in [-0.39, 0.29) is 5.69 Å². The molecule has 0 radical (unpaired) electrons. The smallest absolute Gasteiger partial charge is 0.218 e. The van der Waals surface area contributed by atoms with Gasteiger partial charge in [-0.2, -0.15) is 4.68 Å². The number of nitrogens with zero attached hydrogens (tertiary/aromatic N) is 4. The highest BCUT2D eigenvalue weighted by Gasteiger charge is 2.13. The summed E-state index contributed by atoms with van der Waals surface area (Å²) in [5.74, 6) is -0.450. The average Bonchev–Trinajstić information content (AvgIpc) is 2.93. The van der Waals surface area contributed by atoms with Gasteiger partial charge in [0, 0.05) is 4.90 Å². The number of hydrogen-bond acceptors (Lipinski definition) is 5. The summed E-state index contributed by atoms with van der Waals surface area (Å²) >= 11 is 1.22. The van der Waals surface area contributed by atoms with Gasteiger partial charge in [0.05, 0.1) is 11.4 Å². The number of anilines is 1. The molecule has 1 aromatic heterocycles. The molecule has 0 spiro atoms. The topological polar surface area (TPSA) is 69.6 Å². The lowest BCUT2D eigenvalue weighted by Gasteiger charge is -2.06. The highest BCUT2D eigenvalue weighted by atomic mass is 32.2. The third kappa shape index (κ3) is 2.35. The van der Waals surface area contributed by atoms with Crippen molar-refractivity contribution in [1.29, 1.82) is 0 Å². The maximum Gasteiger partial charge on any atom is 0.218 e. The van der Waals surface area contributed by atoms with Crippen LogP contribution in [0.4, 0.5) is 10.1 Å². The van der Waals surface area contributed by atoms with E-state index in [4.69, 9.17) is 5.73 Å². The van der Waals surface area contributed by atoms with Crippen molar-refractivity contribution in [3.63, 3.8) is 0 Å². The number of para-hydroxylation sites is 2. The van der Waals surface area contributed by atoms with Gasteiger partial charge in [-0.05, 0) is 46.5 Å². The lowest BCUT2D eigenvalue weighted by molar-refractivity contribution is 0.629. The Morgan fingerprint density at radius 3 is 2.65 bits per heavy atom. The molecular weight excluding hydrogens is 277 g/mol. The van der Waals surface area contributed by atoms with Crippen LogP contribution in [0.25, 0.3) is 5.69 Å². The van der Waals surface area contributed by atoms with Gasteiger partial charge in [0.15, 0.2) is 0 Å². The first-order valence-electron chi connectivity index (χ1n) is 5.81. The minimum absolute atomic E-state index is 0.0973. The molecule has 2 N–H and O–H groups in total. The molecule has 0 amide bonds. The van der Waals surface area contributed by atoms with E-state index in [1.807, 2.05) is 30.3 Å². The fraction of sp³-hybridized carbons (Fsp3) is 0. The Kier molecular flexibility index (Phi) is 3.34. The highest BCUT2D eigenvalue weighted by Crippen LogP contribution is 2.32. The van der Waals surface area contributed by atoms with Crippen molar-refractivity contribution < 1.29 is 4.39 Å². The Labute approximate surface area is 118 Å². The number of tetrazole rings is 1. The van der Waals surface area contributed by atoms with Gasteiger partial charge in [0.2, 0.25) is 5.16 Å². The van der Waals surface area contributed by atoms with Crippen LogP contribution in [0.3, 0.4) is 0 Å². The SMILES string of the molecule is Nc1c(F)cccc1Sc1nnnn1-c1ccccc1. The fourth-order valence-corrected chi connectivity index (χ4v) is 2.53. The molecule has 7 heteroatoms. The van der Waals surface area contributed by atoms with Crippen molar-refractivity contribution in [1.82, 2.24) is 20.2 Å². The van der Waals surface area contributed by atoms with E-state index in [0.29, 0.717) is 10.1 Å². The highest BCUT2D eigenvalue weighted by molar-refractivity contribution is 7.99. The Morgan fingerprint density at radius 1 is 1.05 bits per heavy atom.